The van der Waals surface area contributed by atoms with Gasteiger partial charge < -0.3 is 10.6 Å². The van der Waals surface area contributed by atoms with E-state index in [-0.39, 0.29) is 11.3 Å². The third-order valence-corrected chi connectivity index (χ3v) is 5.02. The maximum Gasteiger partial charge on any atom is 0.230 e. The van der Waals surface area contributed by atoms with E-state index >= 15 is 0 Å². The number of amides is 1. The summed E-state index contributed by atoms with van der Waals surface area (Å²) in [6.45, 7) is 2.65. The van der Waals surface area contributed by atoms with Gasteiger partial charge in [0.05, 0.1) is 5.41 Å². The highest BCUT2D eigenvalue weighted by atomic mass is 32.2. The Morgan fingerprint density at radius 1 is 1.39 bits per heavy atom. The molecule has 18 heavy (non-hydrogen) atoms. The monoisotopic (exact) mass is 272 g/mol. The van der Waals surface area contributed by atoms with E-state index in [4.69, 9.17) is 5.73 Å². The van der Waals surface area contributed by atoms with Crippen molar-refractivity contribution >= 4 is 17.7 Å². The maximum atomic E-state index is 12.7. The minimum atomic E-state index is -0.263. The van der Waals surface area contributed by atoms with Crippen LogP contribution in [-0.4, -0.2) is 42.4 Å². The van der Waals surface area contributed by atoms with Crippen LogP contribution in [0.25, 0.3) is 0 Å². The molecule has 0 spiro atoms. The molecule has 0 heterocycles. The molecule has 0 radical (unpaired) electrons. The minimum Gasteiger partial charge on any atom is -0.343 e. The van der Waals surface area contributed by atoms with Crippen LogP contribution >= 0.6 is 11.8 Å². The summed E-state index contributed by atoms with van der Waals surface area (Å²) < 4.78 is 0. The fraction of sp³-hybridized carbons (Fsp3) is 0.929. The molecule has 3 nitrogen and oxygen atoms in total. The number of carbonyl (C=O) groups is 1. The van der Waals surface area contributed by atoms with Crippen molar-refractivity contribution in [2.24, 2.45) is 11.1 Å². The number of nitrogens with zero attached hydrogens (tertiary/aromatic N) is 1. The summed E-state index contributed by atoms with van der Waals surface area (Å²) >= 11 is 1.84. The van der Waals surface area contributed by atoms with Crippen LogP contribution in [0.2, 0.25) is 0 Å². The van der Waals surface area contributed by atoms with Gasteiger partial charge in [-0.3, -0.25) is 4.79 Å². The van der Waals surface area contributed by atoms with Crippen LogP contribution < -0.4 is 5.73 Å². The standard InChI is InChI=1S/C14H28N2OS/c1-12(7-10-18-3)16(2)13(17)14(11-15)8-5-4-6-9-14/h12H,4-11,15H2,1-3H3. The Kier molecular flexibility index (Phi) is 6.50. The van der Waals surface area contributed by atoms with Gasteiger partial charge in [-0.25, -0.2) is 0 Å². The molecule has 0 aromatic carbocycles. The van der Waals surface area contributed by atoms with Gasteiger partial charge in [-0.15, -0.1) is 0 Å². The lowest BCUT2D eigenvalue weighted by Crippen LogP contribution is -2.50. The van der Waals surface area contributed by atoms with Gasteiger partial charge in [0.2, 0.25) is 5.91 Å². The molecule has 2 N–H and O–H groups in total. The average Bonchev–Trinajstić information content (AvgIpc) is 2.43. The van der Waals surface area contributed by atoms with E-state index in [1.54, 1.807) is 0 Å². The second-order valence-corrected chi connectivity index (χ2v) is 6.58. The van der Waals surface area contributed by atoms with Gasteiger partial charge in [0.15, 0.2) is 0 Å². The lowest BCUT2D eigenvalue weighted by atomic mass is 9.73. The fourth-order valence-electron chi connectivity index (χ4n) is 2.79. The van der Waals surface area contributed by atoms with Gasteiger partial charge in [-0.05, 0) is 38.2 Å². The van der Waals surface area contributed by atoms with Crippen molar-refractivity contribution in [2.75, 3.05) is 25.6 Å². The van der Waals surface area contributed by atoms with E-state index in [0.29, 0.717) is 12.6 Å². The molecule has 0 saturated heterocycles. The van der Waals surface area contributed by atoms with Gasteiger partial charge in [0.25, 0.3) is 0 Å². The zero-order valence-electron chi connectivity index (χ0n) is 12.1. The molecule has 0 aromatic heterocycles. The van der Waals surface area contributed by atoms with Crippen molar-refractivity contribution in [1.29, 1.82) is 0 Å². The van der Waals surface area contributed by atoms with Crippen LogP contribution in [0.1, 0.15) is 45.4 Å². The number of rotatable bonds is 6. The summed E-state index contributed by atoms with van der Waals surface area (Å²) in [6.07, 6.45) is 8.66. The zero-order chi connectivity index (χ0) is 13.6. The lowest BCUT2D eigenvalue weighted by Gasteiger charge is -2.39. The molecule has 1 amide bonds. The largest absolute Gasteiger partial charge is 0.343 e. The molecule has 1 saturated carbocycles. The van der Waals surface area contributed by atoms with Crippen molar-refractivity contribution in [3.8, 4) is 0 Å². The SMILES string of the molecule is CSCCC(C)N(C)C(=O)C1(CN)CCCCC1. The number of hydrogen-bond acceptors (Lipinski definition) is 3. The van der Waals surface area contributed by atoms with Crippen molar-refractivity contribution in [1.82, 2.24) is 4.90 Å². The van der Waals surface area contributed by atoms with Crippen LogP contribution in [0.15, 0.2) is 0 Å². The molecule has 106 valence electrons. The highest BCUT2D eigenvalue weighted by Gasteiger charge is 2.40. The fourth-order valence-corrected chi connectivity index (χ4v) is 3.37. The topological polar surface area (TPSA) is 46.3 Å². The van der Waals surface area contributed by atoms with Crippen LogP contribution in [0.3, 0.4) is 0 Å². The van der Waals surface area contributed by atoms with Gasteiger partial charge in [0.1, 0.15) is 0 Å². The number of nitrogens with two attached hydrogens (primary N) is 1. The number of thioether (sulfide) groups is 1. The van der Waals surface area contributed by atoms with Crippen LogP contribution in [-0.2, 0) is 4.79 Å². The minimum absolute atomic E-state index is 0.263. The lowest BCUT2D eigenvalue weighted by molar-refractivity contribution is -0.144. The van der Waals surface area contributed by atoms with Crippen LogP contribution in [0.4, 0.5) is 0 Å². The summed E-state index contributed by atoms with van der Waals surface area (Å²) in [5, 5.41) is 0. The summed E-state index contributed by atoms with van der Waals surface area (Å²) in [5.41, 5.74) is 5.66. The second kappa shape index (κ2) is 7.39. The van der Waals surface area contributed by atoms with E-state index in [9.17, 15) is 4.79 Å². The molecule has 1 unspecified atom stereocenters. The first-order valence-corrected chi connectivity index (χ1v) is 8.43. The van der Waals surface area contributed by atoms with Gasteiger partial charge in [-0.2, -0.15) is 11.8 Å². The molecule has 0 aromatic rings. The van der Waals surface area contributed by atoms with Crippen molar-refractivity contribution in [3.63, 3.8) is 0 Å². The highest BCUT2D eigenvalue weighted by Crippen LogP contribution is 2.37. The number of carbonyl (C=O) groups excluding carboxylic acids is 1. The van der Waals surface area contributed by atoms with E-state index < -0.39 is 0 Å². The molecule has 4 heteroatoms. The Bertz CT molecular complexity index is 265. The third-order valence-electron chi connectivity index (χ3n) is 4.38. The Balaban J connectivity index is 2.64. The molecule has 0 bridgehead atoms. The number of hydrogen-bond donors (Lipinski definition) is 1. The van der Waals surface area contributed by atoms with Gasteiger partial charge >= 0.3 is 0 Å². The predicted octanol–water partition coefficient (Wildman–Crippen LogP) is 2.50. The first kappa shape index (κ1) is 15.8. The van der Waals surface area contributed by atoms with Gasteiger partial charge in [0, 0.05) is 19.6 Å². The highest BCUT2D eigenvalue weighted by molar-refractivity contribution is 7.98. The smallest absolute Gasteiger partial charge is 0.230 e. The molecule has 1 rings (SSSR count). The van der Waals surface area contributed by atoms with E-state index in [1.807, 2.05) is 23.7 Å². The average molecular weight is 272 g/mol. The van der Waals surface area contributed by atoms with Crippen molar-refractivity contribution in [2.45, 2.75) is 51.5 Å². The summed E-state index contributed by atoms with van der Waals surface area (Å²) in [6, 6.07) is 0.315. The zero-order valence-corrected chi connectivity index (χ0v) is 12.9. The quantitative estimate of drug-likeness (QED) is 0.808. The van der Waals surface area contributed by atoms with Crippen LogP contribution in [0.5, 0.6) is 0 Å². The molecule has 1 atom stereocenters. The molecular formula is C14H28N2OS. The van der Waals surface area contributed by atoms with E-state index in [0.717, 1.165) is 37.9 Å². The van der Waals surface area contributed by atoms with Crippen molar-refractivity contribution < 1.29 is 4.79 Å². The van der Waals surface area contributed by atoms with E-state index in [1.165, 1.54) is 6.42 Å². The Morgan fingerprint density at radius 2 is 2.00 bits per heavy atom. The summed E-state index contributed by atoms with van der Waals surface area (Å²) in [5.74, 6) is 1.38. The first-order valence-electron chi connectivity index (χ1n) is 7.03. The summed E-state index contributed by atoms with van der Waals surface area (Å²) in [7, 11) is 1.94. The first-order chi connectivity index (χ1) is 8.57. The summed E-state index contributed by atoms with van der Waals surface area (Å²) in [4.78, 5) is 14.6. The normalized spacial score (nSPS) is 20.4. The van der Waals surface area contributed by atoms with E-state index in [2.05, 4.69) is 13.2 Å². The van der Waals surface area contributed by atoms with Crippen molar-refractivity contribution in [3.05, 3.63) is 0 Å². The molecule has 1 aliphatic rings. The Labute approximate surface area is 116 Å². The molecule has 0 aliphatic heterocycles. The molecular weight excluding hydrogens is 244 g/mol. The maximum absolute atomic E-state index is 12.7. The Hall–Kier alpha value is -0.220. The molecule has 1 aliphatic carbocycles. The third kappa shape index (κ3) is 3.64. The second-order valence-electron chi connectivity index (χ2n) is 5.59. The molecule has 1 fully saturated rings. The predicted molar refractivity (Wildman–Crippen MR) is 79.8 cm³/mol. The Morgan fingerprint density at radius 3 is 2.50 bits per heavy atom. The van der Waals surface area contributed by atoms with Crippen LogP contribution in [0, 0.1) is 5.41 Å². The van der Waals surface area contributed by atoms with Gasteiger partial charge in [-0.1, -0.05) is 19.3 Å².